The molecule has 0 bridgehead atoms. The Hall–Kier alpha value is -1.48. The second kappa shape index (κ2) is 9.12. The number of anilines is 1. The fourth-order valence-corrected chi connectivity index (χ4v) is 6.16. The van der Waals surface area contributed by atoms with Gasteiger partial charge in [0.2, 0.25) is 15.9 Å². The van der Waals surface area contributed by atoms with E-state index in [2.05, 4.69) is 24.1 Å². The van der Waals surface area contributed by atoms with E-state index in [-0.39, 0.29) is 23.0 Å². The first kappa shape index (κ1) is 22.2. The van der Waals surface area contributed by atoms with E-state index in [1.165, 1.54) is 0 Å². The van der Waals surface area contributed by atoms with Crippen molar-refractivity contribution in [2.24, 2.45) is 11.8 Å². The molecule has 2 saturated heterocycles. The lowest BCUT2D eigenvalue weighted by atomic mass is 9.94. The third kappa shape index (κ3) is 5.78. The lowest BCUT2D eigenvalue weighted by Crippen LogP contribution is -2.48. The average Bonchev–Trinajstić information content (AvgIpc) is 2.60. The lowest BCUT2D eigenvalue weighted by Gasteiger charge is -2.34. The van der Waals surface area contributed by atoms with Crippen molar-refractivity contribution >= 4 is 21.6 Å². The molecule has 2 aliphatic rings. The molecule has 7 nitrogen and oxygen atoms in total. The largest absolute Gasteiger partial charge is 0.373 e. The highest BCUT2D eigenvalue weighted by Crippen LogP contribution is 2.27. The van der Waals surface area contributed by atoms with Crippen molar-refractivity contribution in [3.8, 4) is 0 Å². The maximum absolute atomic E-state index is 13.0. The average molecular weight is 424 g/mol. The van der Waals surface area contributed by atoms with Gasteiger partial charge in [0.25, 0.3) is 0 Å². The van der Waals surface area contributed by atoms with Gasteiger partial charge in [0.15, 0.2) is 0 Å². The van der Waals surface area contributed by atoms with Crippen LogP contribution in [0.4, 0.5) is 5.69 Å². The molecule has 0 radical (unpaired) electrons. The second-order valence-corrected chi connectivity index (χ2v) is 10.7. The number of hydrogen-bond donors (Lipinski definition) is 1. The van der Waals surface area contributed by atoms with E-state index in [0.717, 1.165) is 19.5 Å². The van der Waals surface area contributed by atoms with E-state index in [1.54, 1.807) is 28.6 Å². The fourth-order valence-electron chi connectivity index (χ4n) is 4.48. The molecule has 2 aliphatic heterocycles. The number of sulfonamides is 1. The lowest BCUT2D eigenvalue weighted by molar-refractivity contribution is -0.121. The highest BCUT2D eigenvalue weighted by atomic mass is 32.2. The summed E-state index contributed by atoms with van der Waals surface area (Å²) in [6.07, 6.45) is 1.27. The van der Waals surface area contributed by atoms with Crippen molar-refractivity contribution in [3.05, 3.63) is 24.3 Å². The molecule has 1 aromatic rings. The topological polar surface area (TPSA) is 79.0 Å². The van der Waals surface area contributed by atoms with Crippen LogP contribution in [0.5, 0.6) is 0 Å². The van der Waals surface area contributed by atoms with Crippen molar-refractivity contribution in [2.75, 3.05) is 38.0 Å². The standard InChI is InChI=1S/C21H33N3O4S/c1-15-9-16(2)11-24(10-15)29(26,27)20-7-5-19(6-8-20)22-21(25)14-23-12-17(3)28-18(4)13-23/h5-8,15-18H,9-14H2,1-4H3,(H,22,25)/t15-,16+,17-,18+. The maximum atomic E-state index is 13.0. The summed E-state index contributed by atoms with van der Waals surface area (Å²) in [6, 6.07) is 6.47. The van der Waals surface area contributed by atoms with Crippen LogP contribution in [0, 0.1) is 11.8 Å². The summed E-state index contributed by atoms with van der Waals surface area (Å²) in [5.74, 6) is 0.607. The van der Waals surface area contributed by atoms with Gasteiger partial charge in [-0.2, -0.15) is 4.31 Å². The molecule has 1 amide bonds. The van der Waals surface area contributed by atoms with Gasteiger partial charge in [-0.15, -0.1) is 0 Å². The number of ether oxygens (including phenoxy) is 1. The third-order valence-corrected chi connectivity index (χ3v) is 7.32. The maximum Gasteiger partial charge on any atom is 0.243 e. The summed E-state index contributed by atoms with van der Waals surface area (Å²) in [7, 11) is -3.51. The molecule has 1 N–H and O–H groups in total. The molecule has 2 heterocycles. The van der Waals surface area contributed by atoms with E-state index < -0.39 is 10.0 Å². The van der Waals surface area contributed by atoms with Crippen LogP contribution in [0.1, 0.15) is 34.1 Å². The Morgan fingerprint density at radius 3 is 2.10 bits per heavy atom. The minimum absolute atomic E-state index is 0.108. The zero-order valence-electron chi connectivity index (χ0n) is 17.8. The number of piperidine rings is 1. The minimum atomic E-state index is -3.51. The van der Waals surface area contributed by atoms with Gasteiger partial charge in [-0.25, -0.2) is 8.42 Å². The Morgan fingerprint density at radius 1 is 1.00 bits per heavy atom. The number of carbonyl (C=O) groups excluding carboxylic acids is 1. The summed E-state index contributed by atoms with van der Waals surface area (Å²) < 4.78 is 33.2. The summed E-state index contributed by atoms with van der Waals surface area (Å²) in [4.78, 5) is 14.7. The SMILES string of the molecule is C[C@@H]1C[C@H](C)CN(S(=O)(=O)c2ccc(NC(=O)CN3C[C@@H](C)O[C@@H](C)C3)cc2)C1. The number of nitrogens with zero attached hydrogens (tertiary/aromatic N) is 2. The number of rotatable bonds is 5. The van der Waals surface area contributed by atoms with Crippen LogP contribution in [-0.2, 0) is 19.6 Å². The molecule has 0 aromatic heterocycles. The summed E-state index contributed by atoms with van der Waals surface area (Å²) in [5, 5.41) is 2.86. The summed E-state index contributed by atoms with van der Waals surface area (Å²) >= 11 is 0. The van der Waals surface area contributed by atoms with Gasteiger partial charge in [-0.05, 0) is 56.4 Å². The first-order valence-corrected chi connectivity index (χ1v) is 11.9. The number of benzene rings is 1. The molecule has 0 spiro atoms. The molecule has 3 rings (SSSR count). The highest BCUT2D eigenvalue weighted by molar-refractivity contribution is 7.89. The zero-order valence-corrected chi connectivity index (χ0v) is 18.6. The van der Waals surface area contributed by atoms with E-state index in [9.17, 15) is 13.2 Å². The Bertz CT molecular complexity index is 792. The molecule has 1 aromatic carbocycles. The molecular formula is C21H33N3O4S. The Kier molecular flexibility index (Phi) is 6.98. The monoisotopic (exact) mass is 423 g/mol. The number of hydrogen-bond acceptors (Lipinski definition) is 5. The van der Waals surface area contributed by atoms with Gasteiger partial charge in [-0.1, -0.05) is 13.8 Å². The van der Waals surface area contributed by atoms with E-state index >= 15 is 0 Å². The van der Waals surface area contributed by atoms with E-state index in [4.69, 9.17) is 4.74 Å². The van der Waals surface area contributed by atoms with Gasteiger partial charge < -0.3 is 10.1 Å². The van der Waals surface area contributed by atoms with Gasteiger partial charge in [-0.3, -0.25) is 9.69 Å². The number of carbonyl (C=O) groups is 1. The van der Waals surface area contributed by atoms with Gasteiger partial charge in [0.05, 0.1) is 23.6 Å². The van der Waals surface area contributed by atoms with Crippen LogP contribution in [0.2, 0.25) is 0 Å². The van der Waals surface area contributed by atoms with Crippen molar-refractivity contribution in [3.63, 3.8) is 0 Å². The molecule has 2 fully saturated rings. The van der Waals surface area contributed by atoms with Crippen LogP contribution >= 0.6 is 0 Å². The molecular weight excluding hydrogens is 390 g/mol. The predicted octanol–water partition coefficient (Wildman–Crippen LogP) is 2.40. The smallest absolute Gasteiger partial charge is 0.243 e. The summed E-state index contributed by atoms with van der Waals surface area (Å²) in [5.41, 5.74) is 0.601. The van der Waals surface area contributed by atoms with Crippen LogP contribution in [0.3, 0.4) is 0 Å². The fraction of sp³-hybridized carbons (Fsp3) is 0.667. The minimum Gasteiger partial charge on any atom is -0.373 e. The molecule has 162 valence electrons. The van der Waals surface area contributed by atoms with Crippen LogP contribution in [0.15, 0.2) is 29.2 Å². The van der Waals surface area contributed by atoms with Crippen molar-refractivity contribution < 1.29 is 17.9 Å². The van der Waals surface area contributed by atoms with Gasteiger partial charge in [0.1, 0.15) is 0 Å². The molecule has 8 heteroatoms. The van der Waals surface area contributed by atoms with Crippen LogP contribution in [-0.4, -0.2) is 68.5 Å². The normalized spacial score (nSPS) is 29.5. The first-order chi connectivity index (χ1) is 13.6. The van der Waals surface area contributed by atoms with Crippen molar-refractivity contribution in [1.82, 2.24) is 9.21 Å². The zero-order chi connectivity index (χ0) is 21.2. The molecule has 0 saturated carbocycles. The third-order valence-electron chi connectivity index (χ3n) is 5.47. The molecule has 0 unspecified atom stereocenters. The highest BCUT2D eigenvalue weighted by Gasteiger charge is 2.31. The second-order valence-electron chi connectivity index (χ2n) is 8.79. The van der Waals surface area contributed by atoms with Gasteiger partial charge >= 0.3 is 0 Å². The number of amides is 1. The molecule has 4 atom stereocenters. The Labute approximate surface area is 174 Å². The summed E-state index contributed by atoms with van der Waals surface area (Å²) in [6.45, 7) is 11.0. The molecule has 29 heavy (non-hydrogen) atoms. The van der Waals surface area contributed by atoms with E-state index in [0.29, 0.717) is 37.2 Å². The predicted molar refractivity (Wildman–Crippen MR) is 113 cm³/mol. The molecule has 0 aliphatic carbocycles. The number of morpholine rings is 1. The van der Waals surface area contributed by atoms with Crippen molar-refractivity contribution in [1.29, 1.82) is 0 Å². The number of nitrogens with one attached hydrogen (secondary N) is 1. The quantitative estimate of drug-likeness (QED) is 0.787. The Balaban J connectivity index is 1.60. The van der Waals surface area contributed by atoms with Crippen LogP contribution < -0.4 is 5.32 Å². The van der Waals surface area contributed by atoms with Crippen molar-refractivity contribution in [2.45, 2.75) is 51.2 Å². The Morgan fingerprint density at radius 2 is 1.55 bits per heavy atom. The first-order valence-electron chi connectivity index (χ1n) is 10.4. The van der Waals surface area contributed by atoms with Crippen LogP contribution in [0.25, 0.3) is 0 Å². The van der Waals surface area contributed by atoms with Gasteiger partial charge in [0, 0.05) is 31.9 Å². The van der Waals surface area contributed by atoms with E-state index in [1.807, 2.05) is 13.8 Å².